The molecule has 2 N–H and O–H groups in total. The number of hydrogen-bond acceptors (Lipinski definition) is 4. The van der Waals surface area contributed by atoms with Gasteiger partial charge in [0.05, 0.1) is 10.8 Å². The van der Waals surface area contributed by atoms with Crippen molar-refractivity contribution in [2.24, 2.45) is 5.92 Å². The van der Waals surface area contributed by atoms with Crippen LogP contribution < -0.4 is 5.32 Å². The van der Waals surface area contributed by atoms with Gasteiger partial charge in [0.2, 0.25) is 0 Å². The predicted octanol–water partition coefficient (Wildman–Crippen LogP) is 2.13. The maximum absolute atomic E-state index is 12.0. The molecule has 0 fully saturated rings. The van der Waals surface area contributed by atoms with Gasteiger partial charge < -0.3 is 10.4 Å². The molecule has 0 aromatic heterocycles. The highest BCUT2D eigenvalue weighted by Gasteiger charge is 2.21. The molecule has 0 spiro atoms. The Morgan fingerprint density at radius 1 is 1.43 bits per heavy atom. The Balaban J connectivity index is 2.65. The van der Waals surface area contributed by atoms with E-state index in [0.29, 0.717) is 18.4 Å². The van der Waals surface area contributed by atoms with Crippen LogP contribution in [0.3, 0.4) is 0 Å². The van der Waals surface area contributed by atoms with Gasteiger partial charge in [0.25, 0.3) is 11.6 Å². The monoisotopic (exact) mass is 294 g/mol. The number of nitrogens with one attached hydrogen (secondary N) is 1. The van der Waals surface area contributed by atoms with E-state index in [-0.39, 0.29) is 17.8 Å². The number of nitro groups is 1. The second kappa shape index (κ2) is 7.37. The zero-order chi connectivity index (χ0) is 16.0. The van der Waals surface area contributed by atoms with Crippen molar-refractivity contribution < 1.29 is 19.6 Å². The second-order valence-corrected chi connectivity index (χ2v) is 4.86. The lowest BCUT2D eigenvalue weighted by atomic mass is 10.0. The summed E-state index contributed by atoms with van der Waals surface area (Å²) in [4.78, 5) is 33.0. The average Bonchev–Trinajstić information content (AvgIpc) is 2.42. The fraction of sp³-hybridized carbons (Fsp3) is 0.429. The molecule has 0 radical (unpaired) electrons. The van der Waals surface area contributed by atoms with Crippen LogP contribution in [0.15, 0.2) is 18.2 Å². The summed E-state index contributed by atoms with van der Waals surface area (Å²) in [5, 5.41) is 22.3. The van der Waals surface area contributed by atoms with Crippen LogP contribution in [0, 0.1) is 23.0 Å². The van der Waals surface area contributed by atoms with Crippen LogP contribution in [0.2, 0.25) is 0 Å². The molecule has 7 heteroatoms. The van der Waals surface area contributed by atoms with Crippen LogP contribution in [-0.2, 0) is 4.79 Å². The lowest BCUT2D eigenvalue weighted by Crippen LogP contribution is -2.26. The van der Waals surface area contributed by atoms with Crippen LogP contribution in [0.5, 0.6) is 0 Å². The molecule has 0 saturated heterocycles. The van der Waals surface area contributed by atoms with Gasteiger partial charge >= 0.3 is 5.97 Å². The number of carbonyl (C=O) groups is 2. The van der Waals surface area contributed by atoms with Crippen molar-refractivity contribution in [1.29, 1.82) is 0 Å². The first kappa shape index (κ1) is 16.6. The van der Waals surface area contributed by atoms with Crippen LogP contribution in [-0.4, -0.2) is 28.5 Å². The van der Waals surface area contributed by atoms with Gasteiger partial charge in [-0.25, -0.2) is 0 Å². The number of nitrogens with zero attached hydrogens (tertiary/aromatic N) is 1. The van der Waals surface area contributed by atoms with E-state index >= 15 is 0 Å². The fourth-order valence-corrected chi connectivity index (χ4v) is 1.92. The standard InChI is InChI=1S/C14H18N2O5/c1-9-5-3-7-11(16(20)21)12(9)13(17)15-8-4-6-10(2)14(18)19/h3,5,7,10H,4,6,8H2,1-2H3,(H,15,17)(H,18,19). The number of nitro benzene ring substituents is 1. The van der Waals surface area contributed by atoms with E-state index < -0.39 is 22.7 Å². The molecule has 1 aromatic carbocycles. The predicted molar refractivity (Wildman–Crippen MR) is 76.2 cm³/mol. The van der Waals surface area contributed by atoms with E-state index in [0.717, 1.165) is 0 Å². The molecule has 0 aliphatic carbocycles. The molecular weight excluding hydrogens is 276 g/mol. The summed E-state index contributed by atoms with van der Waals surface area (Å²) in [7, 11) is 0. The van der Waals surface area contributed by atoms with Crippen molar-refractivity contribution in [3.8, 4) is 0 Å². The number of hydrogen-bond donors (Lipinski definition) is 2. The van der Waals surface area contributed by atoms with Gasteiger partial charge in [-0.15, -0.1) is 0 Å². The Labute approximate surface area is 122 Å². The largest absolute Gasteiger partial charge is 0.481 e. The van der Waals surface area contributed by atoms with Crippen molar-refractivity contribution in [2.45, 2.75) is 26.7 Å². The average molecular weight is 294 g/mol. The first-order chi connectivity index (χ1) is 9.84. The summed E-state index contributed by atoms with van der Waals surface area (Å²) < 4.78 is 0. The van der Waals surface area contributed by atoms with Crippen molar-refractivity contribution in [3.05, 3.63) is 39.4 Å². The zero-order valence-corrected chi connectivity index (χ0v) is 12.0. The Kier molecular flexibility index (Phi) is 5.83. The molecule has 1 aromatic rings. The van der Waals surface area contributed by atoms with Gasteiger partial charge in [-0.1, -0.05) is 19.1 Å². The van der Waals surface area contributed by atoms with E-state index in [9.17, 15) is 19.7 Å². The van der Waals surface area contributed by atoms with Crippen molar-refractivity contribution >= 4 is 17.6 Å². The summed E-state index contributed by atoms with van der Waals surface area (Å²) in [6.07, 6.45) is 0.935. The molecule has 1 amide bonds. The number of amides is 1. The molecule has 0 aliphatic rings. The lowest BCUT2D eigenvalue weighted by Gasteiger charge is -2.09. The molecule has 114 valence electrons. The third-order valence-corrected chi connectivity index (χ3v) is 3.20. The van der Waals surface area contributed by atoms with E-state index in [1.54, 1.807) is 19.9 Å². The van der Waals surface area contributed by atoms with Crippen LogP contribution >= 0.6 is 0 Å². The summed E-state index contributed by atoms with van der Waals surface area (Å²) in [6, 6.07) is 4.45. The Bertz CT molecular complexity index is 556. The van der Waals surface area contributed by atoms with E-state index in [1.807, 2.05) is 0 Å². The second-order valence-electron chi connectivity index (χ2n) is 4.86. The number of aryl methyl sites for hydroxylation is 1. The molecule has 0 bridgehead atoms. The highest BCUT2D eigenvalue weighted by Crippen LogP contribution is 2.21. The van der Waals surface area contributed by atoms with E-state index in [2.05, 4.69) is 5.32 Å². The molecule has 0 heterocycles. The summed E-state index contributed by atoms with van der Waals surface area (Å²) >= 11 is 0. The number of benzene rings is 1. The molecule has 0 aliphatic heterocycles. The number of carboxylic acids is 1. The molecule has 1 rings (SSSR count). The van der Waals surface area contributed by atoms with Gasteiger partial charge in [-0.3, -0.25) is 19.7 Å². The normalized spacial score (nSPS) is 11.7. The first-order valence-electron chi connectivity index (χ1n) is 6.59. The number of carbonyl (C=O) groups excluding carboxylic acids is 1. The maximum atomic E-state index is 12.0. The topological polar surface area (TPSA) is 110 Å². The maximum Gasteiger partial charge on any atom is 0.306 e. The van der Waals surface area contributed by atoms with Gasteiger partial charge in [-0.05, 0) is 25.3 Å². The number of aliphatic carboxylic acids is 1. The Morgan fingerprint density at radius 2 is 2.10 bits per heavy atom. The van der Waals surface area contributed by atoms with Crippen molar-refractivity contribution in [1.82, 2.24) is 5.32 Å². The molecule has 0 saturated carbocycles. The van der Waals surface area contributed by atoms with E-state index in [4.69, 9.17) is 5.11 Å². The zero-order valence-electron chi connectivity index (χ0n) is 12.0. The minimum absolute atomic E-state index is 0.0498. The number of carboxylic acid groups (broad SMARTS) is 1. The summed E-state index contributed by atoms with van der Waals surface area (Å²) in [5.41, 5.74) is 0.348. The van der Waals surface area contributed by atoms with E-state index in [1.165, 1.54) is 12.1 Å². The van der Waals surface area contributed by atoms with Crippen molar-refractivity contribution in [2.75, 3.05) is 6.54 Å². The van der Waals surface area contributed by atoms with Crippen LogP contribution in [0.4, 0.5) is 5.69 Å². The van der Waals surface area contributed by atoms with Crippen LogP contribution in [0.1, 0.15) is 35.7 Å². The molecular formula is C14H18N2O5. The first-order valence-corrected chi connectivity index (χ1v) is 6.59. The number of rotatable bonds is 7. The smallest absolute Gasteiger partial charge is 0.306 e. The fourth-order valence-electron chi connectivity index (χ4n) is 1.92. The highest BCUT2D eigenvalue weighted by molar-refractivity contribution is 5.99. The Morgan fingerprint density at radius 3 is 2.67 bits per heavy atom. The third-order valence-electron chi connectivity index (χ3n) is 3.20. The van der Waals surface area contributed by atoms with Gasteiger partial charge in [0.1, 0.15) is 5.56 Å². The molecule has 21 heavy (non-hydrogen) atoms. The van der Waals surface area contributed by atoms with Gasteiger partial charge in [0, 0.05) is 12.6 Å². The van der Waals surface area contributed by atoms with Crippen LogP contribution in [0.25, 0.3) is 0 Å². The summed E-state index contributed by atoms with van der Waals surface area (Å²) in [6.45, 7) is 3.51. The quantitative estimate of drug-likeness (QED) is 0.455. The van der Waals surface area contributed by atoms with Gasteiger partial charge in [-0.2, -0.15) is 0 Å². The Hall–Kier alpha value is -2.44. The highest BCUT2D eigenvalue weighted by atomic mass is 16.6. The minimum Gasteiger partial charge on any atom is -0.481 e. The SMILES string of the molecule is Cc1cccc([N+](=O)[O-])c1C(=O)NCCCC(C)C(=O)O. The molecule has 7 nitrogen and oxygen atoms in total. The third kappa shape index (κ3) is 4.55. The minimum atomic E-state index is -0.879. The van der Waals surface area contributed by atoms with Gasteiger partial charge in [0.15, 0.2) is 0 Å². The van der Waals surface area contributed by atoms with Crippen molar-refractivity contribution in [3.63, 3.8) is 0 Å². The lowest BCUT2D eigenvalue weighted by molar-refractivity contribution is -0.385. The molecule has 1 atom stereocenters. The molecule has 1 unspecified atom stereocenters. The summed E-state index contributed by atoms with van der Waals surface area (Å²) in [5.74, 6) is -1.87.